The number of hydrogen-bond donors (Lipinski definition) is 0. The molecule has 0 radical (unpaired) electrons. The molecule has 23 heavy (non-hydrogen) atoms. The largest absolute Gasteiger partial charge is 0.463 e. The molecule has 0 fully saturated rings. The van der Waals surface area contributed by atoms with Crippen molar-refractivity contribution in [2.45, 2.75) is 39.0 Å². The fourth-order valence-electron chi connectivity index (χ4n) is 2.11. The third-order valence-corrected chi connectivity index (χ3v) is 3.14. The van der Waals surface area contributed by atoms with E-state index in [1.54, 1.807) is 12.2 Å². The molecule has 1 heterocycles. The summed E-state index contributed by atoms with van der Waals surface area (Å²) >= 11 is 0. The van der Waals surface area contributed by atoms with Crippen molar-refractivity contribution in [2.24, 2.45) is 0 Å². The highest BCUT2D eigenvalue weighted by Gasteiger charge is 2.31. The zero-order chi connectivity index (χ0) is 16.7. The van der Waals surface area contributed by atoms with Crippen LogP contribution in [0.3, 0.4) is 0 Å². The van der Waals surface area contributed by atoms with Gasteiger partial charge in [-0.3, -0.25) is 9.59 Å². The van der Waals surface area contributed by atoms with Crippen molar-refractivity contribution in [3.8, 4) is 0 Å². The van der Waals surface area contributed by atoms with E-state index in [4.69, 9.17) is 18.9 Å². The molecule has 0 saturated heterocycles. The molecule has 0 spiro atoms. The van der Waals surface area contributed by atoms with Crippen molar-refractivity contribution in [1.29, 1.82) is 0 Å². The molecule has 0 aliphatic carbocycles. The Balaban J connectivity index is 1.94. The Hall–Kier alpha value is -2.18. The third kappa shape index (κ3) is 5.84. The molecule has 1 aromatic rings. The average molecular weight is 320 g/mol. The van der Waals surface area contributed by atoms with E-state index in [1.807, 2.05) is 30.3 Å². The fraction of sp³-hybridized carbons (Fsp3) is 0.412. The van der Waals surface area contributed by atoms with E-state index in [9.17, 15) is 9.59 Å². The van der Waals surface area contributed by atoms with Gasteiger partial charge in [0.25, 0.3) is 0 Å². The molecule has 3 atom stereocenters. The van der Waals surface area contributed by atoms with Gasteiger partial charge < -0.3 is 18.9 Å². The minimum Gasteiger partial charge on any atom is -0.463 e. The number of esters is 2. The third-order valence-electron chi connectivity index (χ3n) is 3.14. The van der Waals surface area contributed by atoms with Crippen LogP contribution in [0.15, 0.2) is 42.5 Å². The Morgan fingerprint density at radius 1 is 1.09 bits per heavy atom. The summed E-state index contributed by atoms with van der Waals surface area (Å²) in [5.41, 5.74) is 1.02. The molecule has 0 aromatic heterocycles. The van der Waals surface area contributed by atoms with Crippen LogP contribution in [0.1, 0.15) is 19.4 Å². The molecule has 0 N–H and O–H groups in total. The number of hydrogen-bond acceptors (Lipinski definition) is 6. The lowest BCUT2D eigenvalue weighted by Gasteiger charge is -2.31. The van der Waals surface area contributed by atoms with Crippen LogP contribution in [0.25, 0.3) is 0 Å². The van der Waals surface area contributed by atoms with E-state index in [2.05, 4.69) is 0 Å². The molecule has 2 rings (SSSR count). The first kappa shape index (κ1) is 17.2. The molecular weight excluding hydrogens is 300 g/mol. The van der Waals surface area contributed by atoms with E-state index < -0.39 is 30.4 Å². The second-order valence-electron chi connectivity index (χ2n) is 5.10. The highest BCUT2D eigenvalue weighted by Crippen LogP contribution is 2.19. The van der Waals surface area contributed by atoms with Gasteiger partial charge in [0.05, 0.1) is 6.61 Å². The predicted molar refractivity (Wildman–Crippen MR) is 81.2 cm³/mol. The molecule has 0 amide bonds. The fourth-order valence-corrected chi connectivity index (χ4v) is 2.11. The first-order valence-corrected chi connectivity index (χ1v) is 7.34. The van der Waals surface area contributed by atoms with Gasteiger partial charge in [0.1, 0.15) is 18.8 Å². The van der Waals surface area contributed by atoms with Crippen LogP contribution in [0, 0.1) is 0 Å². The molecule has 1 unspecified atom stereocenters. The minimum absolute atomic E-state index is 0.0111. The Labute approximate surface area is 135 Å². The Kier molecular flexibility index (Phi) is 6.31. The summed E-state index contributed by atoms with van der Waals surface area (Å²) in [5, 5.41) is 0. The molecule has 1 aliphatic rings. The molecule has 1 aliphatic heterocycles. The topological polar surface area (TPSA) is 71.1 Å². The number of rotatable bonds is 6. The molecule has 124 valence electrons. The van der Waals surface area contributed by atoms with E-state index >= 15 is 0 Å². The maximum Gasteiger partial charge on any atom is 0.303 e. The summed E-state index contributed by atoms with van der Waals surface area (Å²) in [7, 11) is 0. The zero-order valence-electron chi connectivity index (χ0n) is 13.1. The summed E-state index contributed by atoms with van der Waals surface area (Å²) in [6.07, 6.45) is 1.56. The molecule has 0 saturated carbocycles. The first-order chi connectivity index (χ1) is 11.0. The van der Waals surface area contributed by atoms with Crippen LogP contribution in [-0.4, -0.2) is 37.0 Å². The molecule has 1 aromatic carbocycles. The standard InChI is InChI=1S/C17H20O6/c1-12(18)20-11-16-15(22-13(2)19)8-9-17(23-16)21-10-14-6-4-3-5-7-14/h3-9,15-17H,10-11H2,1-2H3/t15-,16?,17-/m0/s1. The summed E-state index contributed by atoms with van der Waals surface area (Å²) in [5.74, 6) is -0.855. The Morgan fingerprint density at radius 2 is 1.83 bits per heavy atom. The Morgan fingerprint density at radius 3 is 2.48 bits per heavy atom. The quantitative estimate of drug-likeness (QED) is 0.589. The summed E-state index contributed by atoms with van der Waals surface area (Å²) in [6.45, 7) is 2.99. The maximum atomic E-state index is 11.1. The van der Waals surface area contributed by atoms with E-state index in [0.29, 0.717) is 6.61 Å². The van der Waals surface area contributed by atoms with Crippen molar-refractivity contribution in [3.63, 3.8) is 0 Å². The maximum absolute atomic E-state index is 11.1. The summed E-state index contributed by atoms with van der Waals surface area (Å²) in [4.78, 5) is 22.1. The van der Waals surface area contributed by atoms with Gasteiger partial charge in [0.15, 0.2) is 6.29 Å². The summed E-state index contributed by atoms with van der Waals surface area (Å²) in [6, 6.07) is 9.68. The lowest BCUT2D eigenvalue weighted by Crippen LogP contribution is -2.42. The lowest BCUT2D eigenvalue weighted by molar-refractivity contribution is -0.200. The van der Waals surface area contributed by atoms with Gasteiger partial charge in [-0.25, -0.2) is 0 Å². The number of carbonyl (C=O) groups is 2. The molecule has 6 nitrogen and oxygen atoms in total. The van der Waals surface area contributed by atoms with Crippen LogP contribution >= 0.6 is 0 Å². The second-order valence-corrected chi connectivity index (χ2v) is 5.10. The van der Waals surface area contributed by atoms with Gasteiger partial charge in [-0.2, -0.15) is 0 Å². The normalized spacial score (nSPS) is 23.3. The van der Waals surface area contributed by atoms with Crippen molar-refractivity contribution >= 4 is 11.9 Å². The van der Waals surface area contributed by atoms with E-state index in [0.717, 1.165) is 5.56 Å². The number of benzene rings is 1. The smallest absolute Gasteiger partial charge is 0.303 e. The molecular formula is C17H20O6. The van der Waals surface area contributed by atoms with Gasteiger partial charge in [-0.15, -0.1) is 0 Å². The van der Waals surface area contributed by atoms with E-state index in [-0.39, 0.29) is 6.61 Å². The monoisotopic (exact) mass is 320 g/mol. The van der Waals surface area contributed by atoms with Crippen molar-refractivity contribution in [2.75, 3.05) is 6.61 Å². The predicted octanol–water partition coefficient (Wildman–Crippen LogP) is 1.98. The van der Waals surface area contributed by atoms with Crippen molar-refractivity contribution in [3.05, 3.63) is 48.0 Å². The van der Waals surface area contributed by atoms with Gasteiger partial charge in [0, 0.05) is 13.8 Å². The SMILES string of the molecule is CC(=O)OCC1O[C@H](OCc2ccccc2)C=C[C@@H]1OC(C)=O. The Bertz CT molecular complexity index is 553. The van der Waals surface area contributed by atoms with Crippen molar-refractivity contribution < 1.29 is 28.5 Å². The highest BCUT2D eigenvalue weighted by molar-refractivity contribution is 5.66. The van der Waals surface area contributed by atoms with Gasteiger partial charge in [-0.1, -0.05) is 30.3 Å². The van der Waals surface area contributed by atoms with Gasteiger partial charge in [-0.05, 0) is 17.7 Å². The zero-order valence-corrected chi connectivity index (χ0v) is 13.1. The molecule has 0 bridgehead atoms. The first-order valence-electron chi connectivity index (χ1n) is 7.34. The number of carbonyl (C=O) groups excluding carboxylic acids is 2. The number of ether oxygens (including phenoxy) is 4. The summed E-state index contributed by atoms with van der Waals surface area (Å²) < 4.78 is 21.5. The minimum atomic E-state index is -0.608. The van der Waals surface area contributed by atoms with Crippen LogP contribution in [0.5, 0.6) is 0 Å². The lowest BCUT2D eigenvalue weighted by atomic mass is 10.1. The van der Waals surface area contributed by atoms with Crippen LogP contribution in [0.4, 0.5) is 0 Å². The highest BCUT2D eigenvalue weighted by atomic mass is 16.7. The van der Waals surface area contributed by atoms with E-state index in [1.165, 1.54) is 13.8 Å². The van der Waals surface area contributed by atoms with Gasteiger partial charge >= 0.3 is 11.9 Å². The van der Waals surface area contributed by atoms with Crippen LogP contribution < -0.4 is 0 Å². The van der Waals surface area contributed by atoms with Crippen LogP contribution in [0.2, 0.25) is 0 Å². The molecule has 6 heteroatoms. The second kappa shape index (κ2) is 8.45. The van der Waals surface area contributed by atoms with Gasteiger partial charge in [0.2, 0.25) is 0 Å². The van der Waals surface area contributed by atoms with Crippen molar-refractivity contribution in [1.82, 2.24) is 0 Å². The van der Waals surface area contributed by atoms with Crippen LogP contribution in [-0.2, 0) is 35.1 Å². The average Bonchev–Trinajstić information content (AvgIpc) is 2.53.